The summed E-state index contributed by atoms with van der Waals surface area (Å²) in [6.45, 7) is 11.6. The summed E-state index contributed by atoms with van der Waals surface area (Å²) in [5.74, 6) is 0.844. The normalized spacial score (nSPS) is 21.9. The maximum atomic E-state index is 5.41. The van der Waals surface area contributed by atoms with Gasteiger partial charge < -0.3 is 15.4 Å². The van der Waals surface area contributed by atoms with E-state index in [0.29, 0.717) is 12.1 Å². The molecule has 0 aromatic heterocycles. The molecule has 1 fully saturated rings. The van der Waals surface area contributed by atoms with E-state index in [1.165, 1.54) is 25.8 Å². The molecule has 0 aromatic carbocycles. The molecular formula is C16H35IN4O. The SMILES string of the molecule is CN=C(NCC(C)N1CCCCC1C)NCC(C)(C)OC.I. The highest BCUT2D eigenvalue weighted by Crippen LogP contribution is 2.18. The van der Waals surface area contributed by atoms with Gasteiger partial charge in [-0.05, 0) is 47.1 Å². The molecule has 0 aliphatic carbocycles. The zero-order chi connectivity index (χ0) is 15.9. The van der Waals surface area contributed by atoms with E-state index in [9.17, 15) is 0 Å². The molecule has 1 heterocycles. The van der Waals surface area contributed by atoms with Crippen LogP contribution in [0.25, 0.3) is 0 Å². The lowest BCUT2D eigenvalue weighted by Gasteiger charge is -2.38. The molecule has 0 bridgehead atoms. The van der Waals surface area contributed by atoms with Crippen LogP contribution in [0.4, 0.5) is 0 Å². The van der Waals surface area contributed by atoms with Crippen molar-refractivity contribution in [3.8, 4) is 0 Å². The maximum absolute atomic E-state index is 5.41. The van der Waals surface area contributed by atoms with Crippen molar-refractivity contribution in [2.24, 2.45) is 4.99 Å². The topological polar surface area (TPSA) is 48.9 Å². The fourth-order valence-corrected chi connectivity index (χ4v) is 2.73. The largest absolute Gasteiger partial charge is 0.377 e. The third-order valence-electron chi connectivity index (χ3n) is 4.44. The third-order valence-corrected chi connectivity index (χ3v) is 4.44. The first kappa shape index (κ1) is 21.9. The summed E-state index contributed by atoms with van der Waals surface area (Å²) in [6, 6.07) is 1.22. The summed E-state index contributed by atoms with van der Waals surface area (Å²) in [4.78, 5) is 6.88. The number of methoxy groups -OCH3 is 1. The molecule has 5 nitrogen and oxygen atoms in total. The highest BCUT2D eigenvalue weighted by molar-refractivity contribution is 14.0. The van der Waals surface area contributed by atoms with Crippen LogP contribution in [0, 0.1) is 0 Å². The van der Waals surface area contributed by atoms with E-state index >= 15 is 0 Å². The summed E-state index contributed by atoms with van der Waals surface area (Å²) in [6.07, 6.45) is 4.01. The highest BCUT2D eigenvalue weighted by atomic mass is 127. The zero-order valence-corrected chi connectivity index (χ0v) is 17.4. The van der Waals surface area contributed by atoms with Crippen LogP contribution in [0.3, 0.4) is 0 Å². The molecule has 0 spiro atoms. The molecule has 1 rings (SSSR count). The molecule has 2 N–H and O–H groups in total. The Bertz CT molecular complexity index is 336. The Labute approximate surface area is 153 Å². The van der Waals surface area contributed by atoms with Gasteiger partial charge in [-0.1, -0.05) is 6.42 Å². The van der Waals surface area contributed by atoms with Gasteiger partial charge in [-0.15, -0.1) is 24.0 Å². The molecule has 0 aromatic rings. The third kappa shape index (κ3) is 7.46. The molecule has 6 heteroatoms. The summed E-state index contributed by atoms with van der Waals surface area (Å²) >= 11 is 0. The van der Waals surface area contributed by atoms with Gasteiger partial charge in [0.15, 0.2) is 5.96 Å². The van der Waals surface area contributed by atoms with Gasteiger partial charge in [-0.2, -0.15) is 0 Å². The second kappa shape index (κ2) is 10.6. The number of likely N-dealkylation sites (tertiary alicyclic amines) is 1. The molecular weight excluding hydrogens is 391 g/mol. The number of rotatable bonds is 6. The second-order valence-electron chi connectivity index (χ2n) is 6.70. The first-order valence-electron chi connectivity index (χ1n) is 8.15. The molecule has 1 saturated heterocycles. The molecule has 0 radical (unpaired) electrons. The predicted molar refractivity (Wildman–Crippen MR) is 105 cm³/mol. The molecule has 1 aliphatic heterocycles. The Morgan fingerprint density at radius 3 is 2.59 bits per heavy atom. The monoisotopic (exact) mass is 426 g/mol. The first-order chi connectivity index (χ1) is 9.89. The average Bonchev–Trinajstić information content (AvgIpc) is 2.47. The van der Waals surface area contributed by atoms with Crippen molar-refractivity contribution in [1.29, 1.82) is 0 Å². The standard InChI is InChI=1S/C16H34N4O.HI/c1-13-9-7-8-10-20(13)14(2)11-18-15(17-5)19-12-16(3,4)21-6;/h13-14H,7-12H2,1-6H3,(H2,17,18,19);1H. The van der Waals surface area contributed by atoms with Crippen LogP contribution < -0.4 is 10.6 Å². The first-order valence-corrected chi connectivity index (χ1v) is 8.15. The van der Waals surface area contributed by atoms with E-state index < -0.39 is 0 Å². The lowest BCUT2D eigenvalue weighted by molar-refractivity contribution is 0.0268. The molecule has 1 aliphatic rings. The fraction of sp³-hybridized carbons (Fsp3) is 0.938. The van der Waals surface area contributed by atoms with E-state index in [0.717, 1.165) is 19.0 Å². The summed E-state index contributed by atoms with van der Waals surface area (Å²) < 4.78 is 5.41. The molecule has 22 heavy (non-hydrogen) atoms. The number of hydrogen-bond donors (Lipinski definition) is 2. The Balaban J connectivity index is 0.00000441. The van der Waals surface area contributed by atoms with Crippen LogP contribution in [0.5, 0.6) is 0 Å². The number of nitrogens with one attached hydrogen (secondary N) is 2. The number of piperidine rings is 1. The van der Waals surface area contributed by atoms with Gasteiger partial charge in [-0.25, -0.2) is 0 Å². The molecule has 2 atom stereocenters. The Kier molecular flexibility index (Phi) is 10.6. The number of halogens is 1. The summed E-state index contributed by atoms with van der Waals surface area (Å²) in [5, 5.41) is 6.75. The highest BCUT2D eigenvalue weighted by Gasteiger charge is 2.23. The van der Waals surface area contributed by atoms with Crippen molar-refractivity contribution in [3.63, 3.8) is 0 Å². The summed E-state index contributed by atoms with van der Waals surface area (Å²) in [5.41, 5.74) is -0.190. The van der Waals surface area contributed by atoms with E-state index in [2.05, 4.69) is 48.2 Å². The van der Waals surface area contributed by atoms with Crippen molar-refractivity contribution < 1.29 is 4.74 Å². The van der Waals surface area contributed by atoms with E-state index in [1.54, 1.807) is 7.11 Å². The van der Waals surface area contributed by atoms with E-state index in [-0.39, 0.29) is 29.6 Å². The van der Waals surface area contributed by atoms with Crippen LogP contribution in [0.1, 0.15) is 47.0 Å². The van der Waals surface area contributed by atoms with Gasteiger partial charge in [-0.3, -0.25) is 9.89 Å². The lowest BCUT2D eigenvalue weighted by atomic mass is 10.0. The molecule has 0 amide bonds. The molecule has 132 valence electrons. The van der Waals surface area contributed by atoms with E-state index in [1.807, 2.05) is 7.05 Å². The summed E-state index contributed by atoms with van der Waals surface area (Å²) in [7, 11) is 3.54. The Morgan fingerprint density at radius 1 is 1.36 bits per heavy atom. The van der Waals surface area contributed by atoms with Gasteiger partial charge in [0.25, 0.3) is 0 Å². The number of hydrogen-bond acceptors (Lipinski definition) is 3. The van der Waals surface area contributed by atoms with Crippen LogP contribution in [-0.2, 0) is 4.74 Å². The van der Waals surface area contributed by atoms with Gasteiger partial charge in [0.2, 0.25) is 0 Å². The minimum atomic E-state index is -0.190. The molecule has 2 unspecified atom stereocenters. The van der Waals surface area contributed by atoms with Crippen LogP contribution >= 0.6 is 24.0 Å². The van der Waals surface area contributed by atoms with Gasteiger partial charge in [0, 0.05) is 39.3 Å². The predicted octanol–water partition coefficient (Wildman–Crippen LogP) is 2.46. The van der Waals surface area contributed by atoms with Crippen molar-refractivity contribution >= 4 is 29.9 Å². The van der Waals surface area contributed by atoms with Gasteiger partial charge >= 0.3 is 0 Å². The quantitative estimate of drug-likeness (QED) is 0.389. The number of aliphatic imine (C=N–C) groups is 1. The average molecular weight is 426 g/mol. The van der Waals surface area contributed by atoms with Gasteiger partial charge in [0.05, 0.1) is 5.60 Å². The fourth-order valence-electron chi connectivity index (χ4n) is 2.73. The maximum Gasteiger partial charge on any atom is 0.191 e. The Hall–Kier alpha value is -0.0800. The Morgan fingerprint density at radius 2 is 2.05 bits per heavy atom. The van der Waals surface area contributed by atoms with Crippen LogP contribution in [-0.4, -0.2) is 62.3 Å². The number of ether oxygens (including phenoxy) is 1. The van der Waals surface area contributed by atoms with Crippen molar-refractivity contribution in [1.82, 2.24) is 15.5 Å². The van der Waals surface area contributed by atoms with Crippen LogP contribution in [0.2, 0.25) is 0 Å². The minimum Gasteiger partial charge on any atom is -0.377 e. The van der Waals surface area contributed by atoms with Crippen molar-refractivity contribution in [2.75, 3.05) is 33.8 Å². The second-order valence-corrected chi connectivity index (χ2v) is 6.70. The smallest absolute Gasteiger partial charge is 0.191 e. The molecule has 0 saturated carbocycles. The number of nitrogens with zero attached hydrogens (tertiary/aromatic N) is 2. The minimum absolute atomic E-state index is 0. The van der Waals surface area contributed by atoms with Crippen molar-refractivity contribution in [2.45, 2.75) is 64.6 Å². The van der Waals surface area contributed by atoms with Crippen LogP contribution in [0.15, 0.2) is 4.99 Å². The zero-order valence-electron chi connectivity index (χ0n) is 15.1. The van der Waals surface area contributed by atoms with E-state index in [4.69, 9.17) is 4.74 Å². The van der Waals surface area contributed by atoms with Crippen molar-refractivity contribution in [3.05, 3.63) is 0 Å². The number of guanidine groups is 1. The lowest BCUT2D eigenvalue weighted by Crippen LogP contribution is -2.51. The van der Waals surface area contributed by atoms with Gasteiger partial charge in [0.1, 0.15) is 0 Å².